The lowest BCUT2D eigenvalue weighted by Gasteiger charge is -2.36. The van der Waals surface area contributed by atoms with Crippen molar-refractivity contribution in [1.29, 1.82) is 5.26 Å². The standard InChI is InChI=1S/C43H38N6O5/c1-45-23(20-44)32-39(37-30-21(12-10-14-26(30)50)41(48(6)7)22-13-11-15-27(51)31(22)37)43(54)40(32)38-35-28(52)18-16-24(46(2)3)33(35)42(49(8)9)34-25(47(4)5)17-19-29(53)36(34)38/h10-19H,2-9H3,(H4-,50,51,52,53,54)/p+1/b32-23-. The summed E-state index contributed by atoms with van der Waals surface area (Å²) in [5, 5.41) is 71.8. The molecule has 270 valence electrons. The predicted molar refractivity (Wildman–Crippen MR) is 214 cm³/mol. The van der Waals surface area contributed by atoms with Gasteiger partial charge in [-0.05, 0) is 36.4 Å². The molecule has 5 aromatic rings. The summed E-state index contributed by atoms with van der Waals surface area (Å²) in [6, 6.07) is 18.7. The second-order valence-corrected chi connectivity index (χ2v) is 14.2. The fourth-order valence-corrected chi connectivity index (χ4v) is 8.13. The number of fused-ring (bicyclic) bond motifs is 4. The number of nitriles is 1. The van der Waals surface area contributed by atoms with Crippen molar-refractivity contribution in [3.05, 3.63) is 123 Å². The van der Waals surface area contributed by atoms with Crippen LogP contribution in [0.4, 0.5) is 17.1 Å². The molecule has 0 bridgehead atoms. The third-order valence-corrected chi connectivity index (χ3v) is 10.2. The maximum absolute atomic E-state index is 12.6. The van der Waals surface area contributed by atoms with Gasteiger partial charge in [-0.15, -0.1) is 0 Å². The monoisotopic (exact) mass is 719 g/mol. The van der Waals surface area contributed by atoms with Crippen LogP contribution in [0.2, 0.25) is 0 Å². The SMILES string of the molecule is [C-]#[N+]/C(C#N)=C1\C(=C2c3c(O)ccc(N(C)C)c3C(=[N+](C)C)c3c(N(C)C)ccc(O)c32)C(O)=C1c1c2c(O)cccc2c(N(C)C)c2cccc(O)c12. The van der Waals surface area contributed by atoms with Crippen LogP contribution < -0.4 is 14.7 Å². The molecule has 0 unspecified atom stereocenters. The number of aliphatic hydroxyl groups excluding tert-OH is 1. The van der Waals surface area contributed by atoms with Gasteiger partial charge in [0.2, 0.25) is 5.71 Å². The summed E-state index contributed by atoms with van der Waals surface area (Å²) < 4.78 is 1.91. The van der Waals surface area contributed by atoms with Gasteiger partial charge in [0.15, 0.2) is 0 Å². The first-order chi connectivity index (χ1) is 25.7. The van der Waals surface area contributed by atoms with Crippen molar-refractivity contribution in [3.8, 4) is 29.1 Å². The molecule has 0 spiro atoms. The largest absolute Gasteiger partial charge is 0.507 e. The van der Waals surface area contributed by atoms with Crippen LogP contribution in [0.5, 0.6) is 23.0 Å². The van der Waals surface area contributed by atoms with Gasteiger partial charge in [0.1, 0.15) is 42.9 Å². The zero-order valence-corrected chi connectivity index (χ0v) is 31.2. The highest BCUT2D eigenvalue weighted by atomic mass is 16.3. The van der Waals surface area contributed by atoms with E-state index in [1.54, 1.807) is 36.4 Å². The van der Waals surface area contributed by atoms with E-state index in [0.29, 0.717) is 44.1 Å². The first kappa shape index (κ1) is 35.3. The van der Waals surface area contributed by atoms with Gasteiger partial charge in [0.25, 0.3) is 5.70 Å². The van der Waals surface area contributed by atoms with Crippen molar-refractivity contribution in [2.45, 2.75) is 0 Å². The Morgan fingerprint density at radius 3 is 1.48 bits per heavy atom. The zero-order chi connectivity index (χ0) is 39.1. The van der Waals surface area contributed by atoms with Crippen molar-refractivity contribution < 1.29 is 30.1 Å². The van der Waals surface area contributed by atoms with E-state index in [9.17, 15) is 30.8 Å². The molecular weight excluding hydrogens is 681 g/mol. The summed E-state index contributed by atoms with van der Waals surface area (Å²) in [5.74, 6) is -0.934. The molecule has 0 heterocycles. The van der Waals surface area contributed by atoms with Crippen LogP contribution in [0.25, 0.3) is 37.5 Å². The Morgan fingerprint density at radius 2 is 1.09 bits per heavy atom. The molecule has 0 aromatic heterocycles. The number of aliphatic hydroxyl groups is 1. The molecule has 0 amide bonds. The molecule has 7 rings (SSSR count). The van der Waals surface area contributed by atoms with Crippen LogP contribution >= 0.6 is 0 Å². The number of phenolic OH excluding ortho intramolecular Hbond substituents is 4. The second-order valence-electron chi connectivity index (χ2n) is 14.2. The summed E-state index contributed by atoms with van der Waals surface area (Å²) in [4.78, 5) is 9.31. The van der Waals surface area contributed by atoms with Crippen molar-refractivity contribution in [2.75, 3.05) is 71.1 Å². The smallest absolute Gasteiger partial charge is 0.270 e. The summed E-state index contributed by atoms with van der Waals surface area (Å²) in [6.45, 7) is 8.18. The maximum atomic E-state index is 12.6. The molecule has 0 fully saturated rings. The molecule has 11 heteroatoms. The van der Waals surface area contributed by atoms with E-state index >= 15 is 0 Å². The highest BCUT2D eigenvalue weighted by molar-refractivity contribution is 6.29. The molecule has 0 atom stereocenters. The van der Waals surface area contributed by atoms with Crippen LogP contribution in [0.3, 0.4) is 0 Å². The van der Waals surface area contributed by atoms with Crippen molar-refractivity contribution in [2.24, 2.45) is 0 Å². The molecule has 0 saturated heterocycles. The van der Waals surface area contributed by atoms with E-state index in [4.69, 9.17) is 6.57 Å². The summed E-state index contributed by atoms with van der Waals surface area (Å²) in [5.41, 5.74) is 4.87. The second kappa shape index (κ2) is 12.5. The molecular formula is C43H39N6O5+. The minimum absolute atomic E-state index is 0.0428. The van der Waals surface area contributed by atoms with E-state index in [1.807, 2.05) is 93.9 Å². The van der Waals surface area contributed by atoms with Crippen molar-refractivity contribution in [3.63, 3.8) is 0 Å². The van der Waals surface area contributed by atoms with Gasteiger partial charge in [-0.2, -0.15) is 0 Å². The Balaban J connectivity index is 1.80. The molecule has 5 aromatic carbocycles. The number of allylic oxidation sites excluding steroid dienone is 3. The number of rotatable bonds is 4. The maximum Gasteiger partial charge on any atom is 0.270 e. The lowest BCUT2D eigenvalue weighted by Crippen LogP contribution is -2.30. The average molecular weight is 720 g/mol. The van der Waals surface area contributed by atoms with Crippen LogP contribution in [0.15, 0.2) is 83.3 Å². The fraction of sp³-hybridized carbons (Fsp3) is 0.186. The van der Waals surface area contributed by atoms with Crippen LogP contribution in [-0.2, 0) is 0 Å². The van der Waals surface area contributed by atoms with Gasteiger partial charge < -0.3 is 40.2 Å². The molecule has 54 heavy (non-hydrogen) atoms. The lowest BCUT2D eigenvalue weighted by atomic mass is 9.68. The van der Waals surface area contributed by atoms with Gasteiger partial charge in [-0.1, -0.05) is 24.3 Å². The lowest BCUT2D eigenvalue weighted by molar-refractivity contribution is -0.463. The van der Waals surface area contributed by atoms with Gasteiger partial charge in [-0.25, -0.2) is 14.7 Å². The normalized spacial score (nSPS) is 14.3. The van der Waals surface area contributed by atoms with Crippen molar-refractivity contribution >= 4 is 55.5 Å². The third kappa shape index (κ3) is 4.75. The fourth-order valence-electron chi connectivity index (χ4n) is 8.13. The van der Waals surface area contributed by atoms with Crippen LogP contribution in [-0.4, -0.2) is 92.2 Å². The van der Waals surface area contributed by atoms with E-state index in [1.165, 1.54) is 12.1 Å². The number of nitrogens with zero attached hydrogens (tertiary/aromatic N) is 6. The molecule has 0 radical (unpaired) electrons. The van der Waals surface area contributed by atoms with Gasteiger partial charge >= 0.3 is 0 Å². The summed E-state index contributed by atoms with van der Waals surface area (Å²) >= 11 is 0. The molecule has 2 aliphatic rings. The molecule has 0 saturated carbocycles. The van der Waals surface area contributed by atoms with Crippen molar-refractivity contribution in [1.82, 2.24) is 0 Å². The highest BCUT2D eigenvalue weighted by Gasteiger charge is 2.46. The molecule has 2 aliphatic carbocycles. The highest BCUT2D eigenvalue weighted by Crippen LogP contribution is 2.60. The number of aromatic hydroxyl groups is 4. The minimum atomic E-state index is -0.369. The number of hydrogen-bond acceptors (Lipinski definition) is 9. The summed E-state index contributed by atoms with van der Waals surface area (Å²) in [6.07, 6.45) is 0. The Labute approximate surface area is 312 Å². The van der Waals surface area contributed by atoms with Gasteiger partial charge in [0, 0.05) is 103 Å². The number of benzene rings is 5. The Bertz CT molecular complexity index is 2590. The number of hydrogen-bond donors (Lipinski definition) is 5. The van der Waals surface area contributed by atoms with Crippen LogP contribution in [0.1, 0.15) is 27.8 Å². The van der Waals surface area contributed by atoms with Gasteiger partial charge in [0.05, 0.1) is 40.8 Å². The number of phenols is 4. The number of anilines is 3. The van der Waals surface area contributed by atoms with E-state index in [0.717, 1.165) is 11.4 Å². The molecule has 11 nitrogen and oxygen atoms in total. The Kier molecular flexibility index (Phi) is 8.19. The molecule has 5 N–H and O–H groups in total. The van der Waals surface area contributed by atoms with E-state index < -0.39 is 0 Å². The Morgan fingerprint density at radius 1 is 0.611 bits per heavy atom. The Hall–Kier alpha value is -7.11. The minimum Gasteiger partial charge on any atom is -0.507 e. The third-order valence-electron chi connectivity index (χ3n) is 10.2. The molecule has 0 aliphatic heterocycles. The summed E-state index contributed by atoms with van der Waals surface area (Å²) in [7, 11) is 14.9. The van der Waals surface area contributed by atoms with Crippen LogP contribution in [0, 0.1) is 17.9 Å². The average Bonchev–Trinajstić information content (AvgIpc) is 3.11. The first-order valence-corrected chi connectivity index (χ1v) is 17.1. The zero-order valence-electron chi connectivity index (χ0n) is 31.2. The van der Waals surface area contributed by atoms with E-state index in [-0.39, 0.29) is 73.4 Å². The quantitative estimate of drug-likeness (QED) is 0.0568. The topological polar surface area (TPSA) is 142 Å². The van der Waals surface area contributed by atoms with Gasteiger partial charge in [-0.3, -0.25) is 0 Å². The predicted octanol–water partition coefficient (Wildman–Crippen LogP) is 6.92. The first-order valence-electron chi connectivity index (χ1n) is 17.1. The van der Waals surface area contributed by atoms with E-state index in [2.05, 4.69) is 4.85 Å².